The minimum absolute atomic E-state index is 0.124. The summed E-state index contributed by atoms with van der Waals surface area (Å²) in [6.07, 6.45) is 1.37. The first-order chi connectivity index (χ1) is 25.3. The third-order valence-electron chi connectivity index (χ3n) is 9.32. The van der Waals surface area contributed by atoms with Crippen LogP contribution in [-0.4, -0.2) is 71.1 Å². The first-order valence-electron chi connectivity index (χ1n) is 17.8. The van der Waals surface area contributed by atoms with E-state index in [0.717, 1.165) is 0 Å². The molecule has 0 aromatic heterocycles. The summed E-state index contributed by atoms with van der Waals surface area (Å²) in [5.74, 6) is -0.593. The number of ether oxygens (including phenoxy) is 2. The van der Waals surface area contributed by atoms with Crippen LogP contribution in [0.15, 0.2) is 54.6 Å². The van der Waals surface area contributed by atoms with Gasteiger partial charge < -0.3 is 34.1 Å². The van der Waals surface area contributed by atoms with E-state index in [2.05, 4.69) is 49.1 Å². The van der Waals surface area contributed by atoms with Crippen molar-refractivity contribution in [2.75, 3.05) is 30.3 Å². The molecule has 2 N–H and O–H groups in total. The van der Waals surface area contributed by atoms with E-state index in [1.54, 1.807) is 59.5 Å². The summed E-state index contributed by atoms with van der Waals surface area (Å²) in [7, 11) is -1.40. The van der Waals surface area contributed by atoms with Gasteiger partial charge in [0, 0.05) is 84.8 Å². The molecule has 1 spiro atoms. The number of carbonyl (C=O) groups is 4. The van der Waals surface area contributed by atoms with Gasteiger partial charge in [-0.15, -0.1) is 0 Å². The number of amides is 3. The summed E-state index contributed by atoms with van der Waals surface area (Å²) >= 11 is 0. The summed E-state index contributed by atoms with van der Waals surface area (Å²) < 4.78 is 27.5. The van der Waals surface area contributed by atoms with Crippen LogP contribution >= 0.6 is 8.53 Å². The number of nitriles is 1. The minimum atomic E-state index is -1.47. The Morgan fingerprint density at radius 3 is 2.04 bits per heavy atom. The van der Waals surface area contributed by atoms with Crippen molar-refractivity contribution in [2.45, 2.75) is 84.6 Å². The van der Waals surface area contributed by atoms with Gasteiger partial charge in [0.15, 0.2) is 5.60 Å². The van der Waals surface area contributed by atoms with Crippen LogP contribution in [0.3, 0.4) is 0 Å². The van der Waals surface area contributed by atoms with Crippen molar-refractivity contribution in [2.24, 2.45) is 0 Å². The fraction of sp³-hybridized carbons (Fsp3) is 0.410. The lowest BCUT2D eigenvalue weighted by atomic mass is 9.77. The minimum Gasteiger partial charge on any atom is -0.456 e. The molecule has 3 amide bonds. The Labute approximate surface area is 310 Å². The van der Waals surface area contributed by atoms with E-state index in [1.807, 2.05) is 0 Å². The molecule has 14 heteroatoms. The van der Waals surface area contributed by atoms with Crippen LogP contribution in [-0.2, 0) is 29.0 Å². The third kappa shape index (κ3) is 7.64. The average Bonchev–Trinajstić information content (AvgIpc) is 3.38. The predicted molar refractivity (Wildman–Crippen MR) is 199 cm³/mol. The highest BCUT2D eigenvalue weighted by Gasteiger charge is 2.54. The standard InChI is InChI=1S/C39H44N5O8P/c1-23(2)44(24(3)4)53(49-19-7-16-40)52-30-14-17-43(18-15-30)37(47)27-8-11-31-34(20-27)39(51-38(31)48)32-12-9-28(41-25(5)45)21-35(32)50-36-22-29(42-26(6)46)10-13-33(36)39/h8-13,20-24,30H,7,14-15,17-19H2,1-6H3,(H,41,45)(H,42,46). The van der Waals surface area contributed by atoms with E-state index in [1.165, 1.54) is 13.8 Å². The zero-order valence-corrected chi connectivity index (χ0v) is 31.6. The van der Waals surface area contributed by atoms with Gasteiger partial charge in [-0.3, -0.25) is 14.4 Å². The van der Waals surface area contributed by atoms with Crippen LogP contribution in [0.25, 0.3) is 0 Å². The lowest BCUT2D eigenvalue weighted by Crippen LogP contribution is -2.42. The molecule has 0 aliphatic carbocycles. The maximum atomic E-state index is 14.1. The van der Waals surface area contributed by atoms with Crippen LogP contribution in [0, 0.1) is 11.3 Å². The van der Waals surface area contributed by atoms with Gasteiger partial charge in [0.2, 0.25) is 11.8 Å². The van der Waals surface area contributed by atoms with Crippen LogP contribution in [0.2, 0.25) is 0 Å². The Bertz CT molecular complexity index is 1900. The summed E-state index contributed by atoms with van der Waals surface area (Å²) in [5, 5.41) is 14.6. The first-order valence-corrected chi connectivity index (χ1v) is 18.9. The van der Waals surface area contributed by atoms with Crippen molar-refractivity contribution in [1.82, 2.24) is 9.57 Å². The van der Waals surface area contributed by atoms with Gasteiger partial charge >= 0.3 is 5.97 Å². The Morgan fingerprint density at radius 2 is 1.51 bits per heavy atom. The zero-order chi connectivity index (χ0) is 38.0. The molecule has 3 aromatic carbocycles. The summed E-state index contributed by atoms with van der Waals surface area (Å²) in [5.41, 5.74) is 1.73. The molecule has 1 saturated heterocycles. The van der Waals surface area contributed by atoms with E-state index in [9.17, 15) is 19.2 Å². The van der Waals surface area contributed by atoms with Gasteiger partial charge in [0.1, 0.15) is 11.5 Å². The predicted octanol–water partition coefficient (Wildman–Crippen LogP) is 7.07. The van der Waals surface area contributed by atoms with E-state index in [-0.39, 0.29) is 48.9 Å². The van der Waals surface area contributed by atoms with Gasteiger partial charge in [-0.05, 0) is 83.0 Å². The number of hydrogen-bond donors (Lipinski definition) is 2. The van der Waals surface area contributed by atoms with Crippen molar-refractivity contribution in [3.63, 3.8) is 0 Å². The van der Waals surface area contributed by atoms with Crippen LogP contribution in [0.1, 0.15) is 98.2 Å². The van der Waals surface area contributed by atoms with Gasteiger partial charge in [-0.25, -0.2) is 9.46 Å². The Balaban J connectivity index is 1.29. The second kappa shape index (κ2) is 15.6. The van der Waals surface area contributed by atoms with E-state index >= 15 is 0 Å². The number of benzene rings is 3. The van der Waals surface area contributed by atoms with Crippen LogP contribution < -0.4 is 15.4 Å². The Morgan fingerprint density at radius 1 is 0.925 bits per heavy atom. The number of nitrogens with one attached hydrogen (secondary N) is 2. The maximum Gasteiger partial charge on any atom is 0.340 e. The van der Waals surface area contributed by atoms with Gasteiger partial charge in [-0.2, -0.15) is 5.26 Å². The summed E-state index contributed by atoms with van der Waals surface area (Å²) in [6.45, 7) is 12.4. The molecule has 0 radical (unpaired) electrons. The number of nitrogens with zero attached hydrogens (tertiary/aromatic N) is 3. The number of carbonyl (C=O) groups excluding carboxylic acids is 4. The number of piperidine rings is 1. The second-order valence-corrected chi connectivity index (χ2v) is 15.3. The SMILES string of the molecule is CC(=O)Nc1ccc2c(c1)Oc1cc(NC(C)=O)ccc1C21OC(=O)c2ccc(C(=O)N3CCC(OP(OCCC#N)N(C(C)C)C(C)C)CC3)cc21. The lowest BCUT2D eigenvalue weighted by molar-refractivity contribution is -0.115. The fourth-order valence-electron chi connectivity index (χ4n) is 7.19. The molecule has 6 rings (SSSR count). The number of hydrogen-bond acceptors (Lipinski definition) is 10. The number of rotatable bonds is 11. The largest absolute Gasteiger partial charge is 0.456 e. The van der Waals surface area contributed by atoms with Crippen LogP contribution in [0.5, 0.6) is 11.5 Å². The molecular weight excluding hydrogens is 697 g/mol. The molecular formula is C39H44N5O8P. The Kier molecular flexibility index (Phi) is 11.2. The molecule has 13 nitrogen and oxygen atoms in total. The summed E-state index contributed by atoms with van der Waals surface area (Å²) in [6, 6.07) is 17.7. The molecule has 1 atom stereocenters. The third-order valence-corrected chi connectivity index (χ3v) is 11.5. The normalized spacial score (nSPS) is 16.4. The van der Waals surface area contributed by atoms with E-state index in [4.69, 9.17) is 23.8 Å². The van der Waals surface area contributed by atoms with Crippen molar-refractivity contribution >= 4 is 43.6 Å². The summed E-state index contributed by atoms with van der Waals surface area (Å²) in [4.78, 5) is 53.3. The van der Waals surface area contributed by atoms with Crippen molar-refractivity contribution in [1.29, 1.82) is 5.26 Å². The molecule has 1 fully saturated rings. The van der Waals surface area contributed by atoms with Crippen LogP contribution in [0.4, 0.5) is 11.4 Å². The highest BCUT2D eigenvalue weighted by molar-refractivity contribution is 7.44. The molecule has 0 saturated carbocycles. The molecule has 1 unspecified atom stereocenters. The quantitative estimate of drug-likeness (QED) is 0.118. The van der Waals surface area contributed by atoms with Crippen molar-refractivity contribution in [3.05, 3.63) is 82.4 Å². The van der Waals surface area contributed by atoms with Gasteiger partial charge in [0.05, 0.1) is 30.8 Å². The fourth-order valence-corrected chi connectivity index (χ4v) is 8.96. The Hall–Kier alpha value is -4.86. The number of anilines is 2. The number of esters is 1. The highest BCUT2D eigenvalue weighted by atomic mass is 31.2. The van der Waals surface area contributed by atoms with E-state index in [0.29, 0.717) is 76.6 Å². The molecule has 3 aromatic rings. The molecule has 278 valence electrons. The van der Waals surface area contributed by atoms with Crippen molar-refractivity contribution < 1.29 is 37.7 Å². The molecule has 53 heavy (non-hydrogen) atoms. The number of fused-ring (bicyclic) bond motifs is 6. The smallest absolute Gasteiger partial charge is 0.340 e. The van der Waals surface area contributed by atoms with E-state index < -0.39 is 20.1 Å². The topological polar surface area (TPSA) is 160 Å². The maximum absolute atomic E-state index is 14.1. The monoisotopic (exact) mass is 741 g/mol. The highest BCUT2D eigenvalue weighted by Crippen LogP contribution is 2.57. The lowest BCUT2D eigenvalue weighted by Gasteiger charge is -2.39. The van der Waals surface area contributed by atoms with Gasteiger partial charge in [0.25, 0.3) is 14.4 Å². The number of likely N-dealkylation sites (tertiary alicyclic amines) is 1. The molecule has 3 aliphatic heterocycles. The second-order valence-electron chi connectivity index (χ2n) is 13.9. The molecule has 3 heterocycles. The molecule has 3 aliphatic rings. The average molecular weight is 742 g/mol. The molecule has 0 bridgehead atoms. The first kappa shape index (κ1) is 37.9. The zero-order valence-electron chi connectivity index (χ0n) is 30.7. The van der Waals surface area contributed by atoms with Crippen molar-refractivity contribution in [3.8, 4) is 17.6 Å². The van der Waals surface area contributed by atoms with Gasteiger partial charge in [-0.1, -0.05) is 0 Å².